The largest absolute Gasteiger partial charge is 0.481 e. The number of aromatic nitrogens is 1. The van der Waals surface area contributed by atoms with Gasteiger partial charge in [-0.05, 0) is 6.07 Å². The lowest BCUT2D eigenvalue weighted by Gasteiger charge is -2.06. The van der Waals surface area contributed by atoms with Crippen LogP contribution in [0.1, 0.15) is 25.0 Å². The van der Waals surface area contributed by atoms with Gasteiger partial charge in [0.05, 0.1) is 11.4 Å². The van der Waals surface area contributed by atoms with E-state index < -0.39 is 5.97 Å². The maximum Gasteiger partial charge on any atom is 0.304 e. The average molecular weight is 238 g/mol. The standard InChI is InChI=1S/C12H12ClNO2/c1-7(6-10(15)16)12-11(13)8-4-2-3-5-9(8)14-12/h2-5,7,14H,6H2,1H3,(H,15,16). The molecule has 0 fully saturated rings. The van der Waals surface area contributed by atoms with E-state index in [1.807, 2.05) is 31.2 Å². The minimum absolute atomic E-state index is 0.0759. The summed E-state index contributed by atoms with van der Waals surface area (Å²) in [6.07, 6.45) is 0.0759. The van der Waals surface area contributed by atoms with Gasteiger partial charge in [-0.2, -0.15) is 0 Å². The summed E-state index contributed by atoms with van der Waals surface area (Å²) in [5.41, 5.74) is 1.74. The molecule has 0 bridgehead atoms. The fourth-order valence-electron chi connectivity index (χ4n) is 1.83. The lowest BCUT2D eigenvalue weighted by molar-refractivity contribution is -0.137. The van der Waals surface area contributed by atoms with Gasteiger partial charge in [-0.25, -0.2) is 0 Å². The van der Waals surface area contributed by atoms with Crippen molar-refractivity contribution in [2.75, 3.05) is 0 Å². The Hall–Kier alpha value is -1.48. The van der Waals surface area contributed by atoms with Crippen LogP contribution < -0.4 is 0 Å². The lowest BCUT2D eigenvalue weighted by atomic mass is 10.0. The van der Waals surface area contributed by atoms with Gasteiger partial charge in [0.1, 0.15) is 0 Å². The molecule has 0 aliphatic rings. The van der Waals surface area contributed by atoms with E-state index in [0.717, 1.165) is 16.6 Å². The van der Waals surface area contributed by atoms with Gasteiger partial charge in [-0.3, -0.25) is 4.79 Å². The molecule has 0 aliphatic carbocycles. The molecule has 84 valence electrons. The van der Waals surface area contributed by atoms with E-state index in [4.69, 9.17) is 16.7 Å². The molecule has 0 radical (unpaired) electrons. The number of benzene rings is 1. The molecule has 4 heteroatoms. The smallest absolute Gasteiger partial charge is 0.304 e. The van der Waals surface area contributed by atoms with Gasteiger partial charge >= 0.3 is 5.97 Å². The summed E-state index contributed by atoms with van der Waals surface area (Å²) in [6.45, 7) is 1.85. The quantitative estimate of drug-likeness (QED) is 0.860. The van der Waals surface area contributed by atoms with Crippen LogP contribution in [0.25, 0.3) is 10.9 Å². The van der Waals surface area contributed by atoms with Crippen LogP contribution in [0.5, 0.6) is 0 Å². The molecule has 0 aliphatic heterocycles. The summed E-state index contributed by atoms with van der Waals surface area (Å²) in [6, 6.07) is 7.68. The first kappa shape index (κ1) is 11.0. The molecule has 0 spiro atoms. The van der Waals surface area contributed by atoms with E-state index in [2.05, 4.69) is 4.98 Å². The number of rotatable bonds is 3. The molecule has 1 atom stereocenters. The number of hydrogen-bond acceptors (Lipinski definition) is 1. The van der Waals surface area contributed by atoms with Gasteiger partial charge in [0.15, 0.2) is 0 Å². The third kappa shape index (κ3) is 1.91. The molecule has 1 heterocycles. The van der Waals surface area contributed by atoms with Gasteiger partial charge in [-0.15, -0.1) is 0 Å². The van der Waals surface area contributed by atoms with Crippen LogP contribution in [0.4, 0.5) is 0 Å². The summed E-state index contributed by atoms with van der Waals surface area (Å²) >= 11 is 6.21. The first-order chi connectivity index (χ1) is 7.59. The zero-order valence-electron chi connectivity index (χ0n) is 8.83. The Balaban J connectivity index is 2.45. The number of H-pyrrole nitrogens is 1. The highest BCUT2D eigenvalue weighted by molar-refractivity contribution is 6.36. The van der Waals surface area contributed by atoms with Crippen LogP contribution in [0.2, 0.25) is 5.02 Å². The fraction of sp³-hybridized carbons (Fsp3) is 0.250. The van der Waals surface area contributed by atoms with Gasteiger partial charge < -0.3 is 10.1 Å². The van der Waals surface area contributed by atoms with Crippen LogP contribution in [-0.4, -0.2) is 16.1 Å². The molecule has 0 saturated heterocycles. The first-order valence-electron chi connectivity index (χ1n) is 5.07. The van der Waals surface area contributed by atoms with E-state index in [1.54, 1.807) is 0 Å². The summed E-state index contributed by atoms with van der Waals surface area (Å²) in [7, 11) is 0. The second-order valence-corrected chi connectivity index (χ2v) is 4.28. The van der Waals surface area contributed by atoms with Crippen LogP contribution in [0.15, 0.2) is 24.3 Å². The van der Waals surface area contributed by atoms with Crippen molar-refractivity contribution >= 4 is 28.5 Å². The summed E-state index contributed by atoms with van der Waals surface area (Å²) in [4.78, 5) is 13.8. The predicted octanol–water partition coefficient (Wildman–Crippen LogP) is 3.40. The van der Waals surface area contributed by atoms with Crippen molar-refractivity contribution < 1.29 is 9.90 Å². The second-order valence-electron chi connectivity index (χ2n) is 3.90. The number of carbonyl (C=O) groups is 1. The zero-order chi connectivity index (χ0) is 11.7. The second kappa shape index (κ2) is 4.18. The number of halogens is 1. The number of hydrogen-bond donors (Lipinski definition) is 2. The molecular formula is C12H12ClNO2. The van der Waals surface area contributed by atoms with Crippen LogP contribution in [0, 0.1) is 0 Å². The Labute approximate surface area is 98.0 Å². The average Bonchev–Trinajstić information content (AvgIpc) is 2.56. The Kier molecular flexibility index (Phi) is 2.88. The van der Waals surface area contributed by atoms with E-state index in [0.29, 0.717) is 5.02 Å². The van der Waals surface area contributed by atoms with Gasteiger partial charge in [0.25, 0.3) is 0 Å². The predicted molar refractivity (Wildman–Crippen MR) is 64.0 cm³/mol. The number of aromatic amines is 1. The number of para-hydroxylation sites is 1. The maximum absolute atomic E-state index is 10.7. The summed E-state index contributed by atoms with van der Waals surface area (Å²) < 4.78 is 0. The zero-order valence-corrected chi connectivity index (χ0v) is 9.58. The van der Waals surface area contributed by atoms with Gasteiger partial charge in [-0.1, -0.05) is 36.7 Å². The minimum atomic E-state index is -0.817. The molecule has 1 unspecified atom stereocenters. The number of nitrogens with one attached hydrogen (secondary N) is 1. The molecule has 0 saturated carbocycles. The lowest BCUT2D eigenvalue weighted by Crippen LogP contribution is -2.03. The van der Waals surface area contributed by atoms with Crippen LogP contribution in [0.3, 0.4) is 0 Å². The van der Waals surface area contributed by atoms with E-state index in [9.17, 15) is 4.79 Å². The van der Waals surface area contributed by atoms with Gasteiger partial charge in [0, 0.05) is 22.5 Å². The monoisotopic (exact) mass is 237 g/mol. The van der Waals surface area contributed by atoms with Gasteiger partial charge in [0.2, 0.25) is 0 Å². The molecule has 2 rings (SSSR count). The maximum atomic E-state index is 10.7. The Morgan fingerprint density at radius 1 is 1.50 bits per heavy atom. The van der Waals surface area contributed by atoms with E-state index >= 15 is 0 Å². The fourth-order valence-corrected chi connectivity index (χ4v) is 2.23. The number of carboxylic acid groups (broad SMARTS) is 1. The summed E-state index contributed by atoms with van der Waals surface area (Å²) in [5.74, 6) is -0.931. The van der Waals surface area contributed by atoms with Crippen LogP contribution in [-0.2, 0) is 4.79 Å². The molecule has 2 N–H and O–H groups in total. The summed E-state index contributed by atoms with van der Waals surface area (Å²) in [5, 5.41) is 10.3. The Bertz CT molecular complexity index is 533. The number of carboxylic acids is 1. The number of fused-ring (bicyclic) bond motifs is 1. The Morgan fingerprint density at radius 2 is 2.19 bits per heavy atom. The van der Waals surface area contributed by atoms with Crippen molar-refractivity contribution in [3.8, 4) is 0 Å². The first-order valence-corrected chi connectivity index (χ1v) is 5.45. The Morgan fingerprint density at radius 3 is 2.81 bits per heavy atom. The number of aliphatic carboxylic acids is 1. The normalized spacial score (nSPS) is 12.9. The molecule has 16 heavy (non-hydrogen) atoms. The molecule has 3 nitrogen and oxygen atoms in total. The highest BCUT2D eigenvalue weighted by Gasteiger charge is 2.17. The van der Waals surface area contributed by atoms with Crippen molar-refractivity contribution in [1.82, 2.24) is 4.98 Å². The molecule has 1 aromatic heterocycles. The SMILES string of the molecule is CC(CC(=O)O)c1[nH]c2ccccc2c1Cl. The van der Waals surface area contributed by atoms with Crippen molar-refractivity contribution in [2.45, 2.75) is 19.3 Å². The third-order valence-electron chi connectivity index (χ3n) is 2.64. The van der Waals surface area contributed by atoms with Crippen molar-refractivity contribution in [3.05, 3.63) is 35.0 Å². The molecule has 1 aromatic carbocycles. The molecule has 2 aromatic rings. The van der Waals surface area contributed by atoms with Crippen molar-refractivity contribution in [1.29, 1.82) is 0 Å². The van der Waals surface area contributed by atoms with Crippen molar-refractivity contribution in [3.63, 3.8) is 0 Å². The minimum Gasteiger partial charge on any atom is -0.481 e. The van der Waals surface area contributed by atoms with Crippen LogP contribution >= 0.6 is 11.6 Å². The van der Waals surface area contributed by atoms with E-state index in [-0.39, 0.29) is 12.3 Å². The topological polar surface area (TPSA) is 53.1 Å². The highest BCUT2D eigenvalue weighted by atomic mass is 35.5. The third-order valence-corrected chi connectivity index (χ3v) is 3.05. The highest BCUT2D eigenvalue weighted by Crippen LogP contribution is 2.33. The van der Waals surface area contributed by atoms with E-state index in [1.165, 1.54) is 0 Å². The molecule has 0 amide bonds. The molecular weight excluding hydrogens is 226 g/mol. The van der Waals surface area contributed by atoms with Crippen molar-refractivity contribution in [2.24, 2.45) is 0 Å².